The van der Waals surface area contributed by atoms with Crippen molar-refractivity contribution in [2.24, 2.45) is 0 Å². The lowest BCUT2D eigenvalue weighted by molar-refractivity contribution is -0.132. The second-order valence-corrected chi connectivity index (χ2v) is 12.9. The molecule has 2 aromatic carbocycles. The molecule has 1 atom stereocenters. The normalized spacial score (nSPS) is 14.4. The molecular formula is C35H43N7O5S. The number of rotatable bonds is 14. The van der Waals surface area contributed by atoms with Gasteiger partial charge in [0.25, 0.3) is 0 Å². The number of unbranched alkanes of at least 4 members (excludes halogenated alkanes) is 1. The highest BCUT2D eigenvalue weighted by Crippen LogP contribution is 2.61. The number of amides is 1. The van der Waals surface area contributed by atoms with Crippen LogP contribution in [-0.4, -0.2) is 76.4 Å². The van der Waals surface area contributed by atoms with Crippen LogP contribution in [0.5, 0.6) is 0 Å². The van der Waals surface area contributed by atoms with Crippen molar-refractivity contribution in [3.05, 3.63) is 76.6 Å². The molecule has 1 aromatic heterocycles. The molecule has 4 rings (SSSR count). The molecule has 48 heavy (non-hydrogen) atoms. The number of carbonyl (C=O) groups is 1. The largest absolute Gasteiger partial charge is 0.383 e. The van der Waals surface area contributed by atoms with Crippen molar-refractivity contribution in [3.8, 4) is 17.9 Å². The molecular weight excluding hydrogens is 630 g/mol. The average molecular weight is 674 g/mol. The maximum absolute atomic E-state index is 12.8. The summed E-state index contributed by atoms with van der Waals surface area (Å²) >= 11 is 0. The Bertz CT molecular complexity index is 1710. The summed E-state index contributed by atoms with van der Waals surface area (Å²) in [5, 5.41) is 13.2. The number of methoxy groups -OCH3 is 2. The molecule has 3 aromatic rings. The Balaban J connectivity index is 1.66. The van der Waals surface area contributed by atoms with Crippen LogP contribution in [0.1, 0.15) is 55.0 Å². The highest BCUT2D eigenvalue weighted by atomic mass is 32.3. The molecule has 0 bridgehead atoms. The van der Waals surface area contributed by atoms with Gasteiger partial charge in [0.05, 0.1) is 41.9 Å². The number of anilines is 3. The number of aromatic nitrogens is 2. The summed E-state index contributed by atoms with van der Waals surface area (Å²) in [5.41, 5.74) is 8.88. The lowest BCUT2D eigenvalue weighted by Crippen LogP contribution is -2.39. The topological polar surface area (TPSA) is 170 Å². The van der Waals surface area contributed by atoms with Crippen LogP contribution in [0, 0.1) is 30.1 Å². The van der Waals surface area contributed by atoms with E-state index in [-0.39, 0.29) is 23.2 Å². The van der Waals surface area contributed by atoms with Crippen LogP contribution in [0.2, 0.25) is 0 Å². The molecule has 0 radical (unpaired) electrons. The van der Waals surface area contributed by atoms with Crippen LogP contribution in [0.4, 0.5) is 17.5 Å². The van der Waals surface area contributed by atoms with Crippen LogP contribution >= 0.6 is 10.8 Å². The van der Waals surface area contributed by atoms with E-state index in [1.807, 2.05) is 43.3 Å². The number of nitrogens with zero attached hydrogens (tertiary/aromatic N) is 5. The van der Waals surface area contributed by atoms with E-state index < -0.39 is 16.8 Å². The average Bonchev–Trinajstić information content (AvgIpc) is 3.06. The van der Waals surface area contributed by atoms with Gasteiger partial charge < -0.3 is 25.4 Å². The van der Waals surface area contributed by atoms with E-state index in [1.165, 1.54) is 0 Å². The summed E-state index contributed by atoms with van der Waals surface area (Å²) in [6, 6.07) is 16.2. The Hall–Kier alpha value is -4.63. The van der Waals surface area contributed by atoms with Crippen LogP contribution < -0.4 is 15.4 Å². The highest BCUT2D eigenvalue weighted by Gasteiger charge is 2.39. The molecule has 0 aliphatic carbocycles. The SMILES string of the molecule is CC[C@H](Nc1nc(N)nc(C)c1C#N)C1=Cc2cccc(C#CCCCC(=O)N(CCOC)CCOC)c2S(O)(O)N1c1ccccc1. The predicted molar refractivity (Wildman–Crippen MR) is 189 cm³/mol. The van der Waals surface area contributed by atoms with Crippen molar-refractivity contribution in [3.63, 3.8) is 0 Å². The molecule has 0 fully saturated rings. The van der Waals surface area contributed by atoms with Gasteiger partial charge in [-0.05, 0) is 44.0 Å². The zero-order valence-corrected chi connectivity index (χ0v) is 28.6. The van der Waals surface area contributed by atoms with Crippen molar-refractivity contribution in [1.82, 2.24) is 14.9 Å². The van der Waals surface area contributed by atoms with Crippen molar-refractivity contribution >= 4 is 40.2 Å². The van der Waals surface area contributed by atoms with Gasteiger partial charge in [0, 0.05) is 45.7 Å². The molecule has 5 N–H and O–H groups in total. The minimum atomic E-state index is -3.66. The second-order valence-electron chi connectivity index (χ2n) is 11.1. The molecule has 254 valence electrons. The maximum Gasteiger partial charge on any atom is 0.222 e. The number of nitrogens with one attached hydrogen (secondary N) is 1. The number of hydrogen-bond donors (Lipinski definition) is 4. The zero-order valence-electron chi connectivity index (χ0n) is 27.8. The van der Waals surface area contributed by atoms with E-state index in [4.69, 9.17) is 15.2 Å². The molecule has 1 aliphatic heterocycles. The summed E-state index contributed by atoms with van der Waals surface area (Å²) in [6.45, 7) is 5.52. The van der Waals surface area contributed by atoms with Gasteiger partial charge in [0.2, 0.25) is 11.9 Å². The molecule has 2 heterocycles. The Morgan fingerprint density at radius 2 is 1.81 bits per heavy atom. The van der Waals surface area contributed by atoms with E-state index in [9.17, 15) is 19.2 Å². The number of fused-ring (bicyclic) bond motifs is 1. The Labute approximate surface area is 284 Å². The first-order chi connectivity index (χ1) is 23.2. The monoisotopic (exact) mass is 673 g/mol. The number of para-hydroxylation sites is 1. The fraction of sp³-hybridized carbons (Fsp3) is 0.371. The number of nitrogens with two attached hydrogens (primary N) is 1. The van der Waals surface area contributed by atoms with Crippen LogP contribution in [0.15, 0.2) is 59.1 Å². The first-order valence-corrected chi connectivity index (χ1v) is 17.2. The first kappa shape index (κ1) is 36.2. The summed E-state index contributed by atoms with van der Waals surface area (Å²) in [7, 11) is -0.463. The van der Waals surface area contributed by atoms with E-state index in [1.54, 1.807) is 48.5 Å². The second kappa shape index (κ2) is 17.0. The van der Waals surface area contributed by atoms with Crippen LogP contribution in [0.3, 0.4) is 0 Å². The molecule has 0 unspecified atom stereocenters. The van der Waals surface area contributed by atoms with Gasteiger partial charge in [-0.2, -0.15) is 10.2 Å². The number of aryl methyl sites for hydroxylation is 1. The van der Waals surface area contributed by atoms with E-state index >= 15 is 0 Å². The first-order valence-electron chi connectivity index (χ1n) is 15.7. The lowest BCUT2D eigenvalue weighted by atomic mass is 10.0. The minimum absolute atomic E-state index is 0.00845. The van der Waals surface area contributed by atoms with E-state index in [0.717, 1.165) is 0 Å². The number of nitrogen functional groups attached to an aromatic ring is 1. The fourth-order valence-corrected chi connectivity index (χ4v) is 7.35. The summed E-state index contributed by atoms with van der Waals surface area (Å²) in [6.07, 6.45) is 3.75. The molecule has 1 aliphatic rings. The number of carbonyl (C=O) groups excluding carboxylic acids is 1. The highest BCUT2D eigenvalue weighted by molar-refractivity contribution is 8.25. The van der Waals surface area contributed by atoms with E-state index in [0.29, 0.717) is 85.1 Å². The molecule has 0 spiro atoms. The van der Waals surface area contributed by atoms with Gasteiger partial charge >= 0.3 is 0 Å². The number of benzene rings is 2. The summed E-state index contributed by atoms with van der Waals surface area (Å²) < 4.78 is 36.1. The number of nitriles is 1. The van der Waals surface area contributed by atoms with Crippen molar-refractivity contribution in [1.29, 1.82) is 5.26 Å². The fourth-order valence-electron chi connectivity index (χ4n) is 5.42. The zero-order chi connectivity index (χ0) is 34.7. The van der Waals surface area contributed by atoms with Crippen molar-refractivity contribution in [2.75, 3.05) is 55.9 Å². The smallest absolute Gasteiger partial charge is 0.222 e. The van der Waals surface area contributed by atoms with Gasteiger partial charge in [-0.3, -0.25) is 13.9 Å². The predicted octanol–water partition coefficient (Wildman–Crippen LogP) is 5.66. The minimum Gasteiger partial charge on any atom is -0.383 e. The summed E-state index contributed by atoms with van der Waals surface area (Å²) in [5.74, 6) is 6.59. The third kappa shape index (κ3) is 8.44. The van der Waals surface area contributed by atoms with Gasteiger partial charge in [0.1, 0.15) is 22.3 Å². The van der Waals surface area contributed by atoms with E-state index in [2.05, 4.69) is 33.2 Å². The molecule has 0 saturated heterocycles. The van der Waals surface area contributed by atoms with Gasteiger partial charge in [-0.25, -0.2) is 9.29 Å². The Morgan fingerprint density at radius 1 is 1.10 bits per heavy atom. The molecule has 1 amide bonds. The number of ether oxygens (including phenoxy) is 2. The van der Waals surface area contributed by atoms with Crippen LogP contribution in [0.25, 0.3) is 6.08 Å². The summed E-state index contributed by atoms with van der Waals surface area (Å²) in [4.78, 5) is 23.2. The Morgan fingerprint density at radius 3 is 2.46 bits per heavy atom. The van der Waals surface area contributed by atoms with Crippen molar-refractivity contribution in [2.45, 2.75) is 50.5 Å². The van der Waals surface area contributed by atoms with Crippen molar-refractivity contribution < 1.29 is 23.4 Å². The van der Waals surface area contributed by atoms with Gasteiger partial charge in [0.15, 0.2) is 0 Å². The lowest BCUT2D eigenvalue weighted by Gasteiger charge is -2.50. The quantitative estimate of drug-likeness (QED) is 0.123. The third-order valence-electron chi connectivity index (χ3n) is 7.80. The van der Waals surface area contributed by atoms with Gasteiger partial charge in [-0.1, -0.05) is 59.9 Å². The Kier molecular flexibility index (Phi) is 12.8. The van der Waals surface area contributed by atoms with Gasteiger partial charge in [-0.15, -0.1) is 0 Å². The number of hydrogen-bond acceptors (Lipinski definition) is 11. The molecule has 12 nitrogen and oxygen atoms in total. The third-order valence-corrected chi connectivity index (χ3v) is 9.73. The van der Waals surface area contributed by atoms with Crippen LogP contribution in [-0.2, 0) is 14.3 Å². The molecule has 13 heteroatoms. The molecule has 0 saturated carbocycles. The maximum atomic E-state index is 12.8. The standard InChI is InChI=1S/C35H43N7O5S/c1-5-30(39-34-29(24-36)25(2)38-35(37)40-34)31-23-27-15-12-14-26(33(27)48(44,45)42(31)28-16-9-7-10-17-28)13-8-6-11-18-32(43)41(19-21-46-3)20-22-47-4/h7,9-10,12,14-17,23,30,44-45H,5-6,11,18-22H2,1-4H3,(H3,37,38,39,40)/t30-/m0/s1.